The number of anilines is 3. The molecule has 10 aromatic carbocycles. The number of nitrogens with zero attached hydrogens (tertiary/aromatic N) is 1. The van der Waals surface area contributed by atoms with Gasteiger partial charge < -0.3 is 4.90 Å². The van der Waals surface area contributed by atoms with E-state index in [1.165, 1.54) is 83.1 Å². The number of hydrogen-bond acceptors (Lipinski definition) is 1. The van der Waals surface area contributed by atoms with Crippen LogP contribution in [0.4, 0.5) is 17.1 Å². The summed E-state index contributed by atoms with van der Waals surface area (Å²) in [6, 6.07) is 86.7. The monoisotopic (exact) mass is 791 g/mol. The second kappa shape index (κ2) is 15.4. The van der Waals surface area contributed by atoms with Crippen LogP contribution in [-0.2, 0) is 5.41 Å². The minimum Gasteiger partial charge on any atom is -0.310 e. The summed E-state index contributed by atoms with van der Waals surface area (Å²) in [7, 11) is 0. The van der Waals surface area contributed by atoms with Gasteiger partial charge in [-0.25, -0.2) is 0 Å². The fourth-order valence-corrected chi connectivity index (χ4v) is 9.80. The molecule has 0 saturated heterocycles. The molecule has 1 nitrogen and oxygen atoms in total. The summed E-state index contributed by atoms with van der Waals surface area (Å²) >= 11 is 0. The van der Waals surface area contributed by atoms with Gasteiger partial charge in [0.15, 0.2) is 0 Å². The highest BCUT2D eigenvalue weighted by Gasteiger charge is 2.35. The maximum atomic E-state index is 2.45. The molecule has 10 aromatic rings. The Morgan fingerprint density at radius 3 is 1.50 bits per heavy atom. The Balaban J connectivity index is 1.11. The SMILES string of the molecule is CC1(C)c2ccccc2-c2ccc(N(c3cccc(-c4ccc5ccccc5c4)c3)c3cccc(-c4cccc(-c5ccccc5)c4-c4ccccc4-c4ccccc4)c3)cc21. The smallest absolute Gasteiger partial charge is 0.0467 e. The minimum absolute atomic E-state index is 0.138. The molecule has 0 unspecified atom stereocenters. The van der Waals surface area contributed by atoms with E-state index in [-0.39, 0.29) is 5.41 Å². The molecule has 0 saturated carbocycles. The van der Waals surface area contributed by atoms with Crippen LogP contribution in [0.25, 0.3) is 77.5 Å². The summed E-state index contributed by atoms with van der Waals surface area (Å²) < 4.78 is 0. The lowest BCUT2D eigenvalue weighted by molar-refractivity contribution is 0.660. The van der Waals surface area contributed by atoms with E-state index >= 15 is 0 Å². The van der Waals surface area contributed by atoms with Crippen molar-refractivity contribution in [3.8, 4) is 66.8 Å². The zero-order chi connectivity index (χ0) is 41.6. The van der Waals surface area contributed by atoms with Gasteiger partial charge in [-0.15, -0.1) is 0 Å². The van der Waals surface area contributed by atoms with Crippen molar-refractivity contribution >= 4 is 27.8 Å². The minimum atomic E-state index is -0.138. The van der Waals surface area contributed by atoms with Gasteiger partial charge in [0.2, 0.25) is 0 Å². The number of fused-ring (bicyclic) bond motifs is 4. The van der Waals surface area contributed by atoms with Crippen molar-refractivity contribution in [1.29, 1.82) is 0 Å². The highest BCUT2D eigenvalue weighted by Crippen LogP contribution is 2.51. The van der Waals surface area contributed by atoms with Gasteiger partial charge in [-0.3, -0.25) is 0 Å². The Morgan fingerprint density at radius 2 is 0.758 bits per heavy atom. The number of rotatable bonds is 8. The third kappa shape index (κ3) is 6.51. The zero-order valence-electron chi connectivity index (χ0n) is 35.0. The predicted octanol–water partition coefficient (Wildman–Crippen LogP) is 17.0. The molecular weight excluding hydrogens is 747 g/mol. The van der Waals surface area contributed by atoms with Gasteiger partial charge in [-0.1, -0.05) is 208 Å². The Morgan fingerprint density at radius 1 is 0.274 bits per heavy atom. The lowest BCUT2D eigenvalue weighted by atomic mass is 9.82. The second-order valence-electron chi connectivity index (χ2n) is 16.9. The van der Waals surface area contributed by atoms with Crippen molar-refractivity contribution < 1.29 is 0 Å². The van der Waals surface area contributed by atoms with Gasteiger partial charge in [0.05, 0.1) is 0 Å². The Hall–Kier alpha value is -7.74. The van der Waals surface area contributed by atoms with E-state index in [0.29, 0.717) is 0 Å². The van der Waals surface area contributed by atoms with Crippen molar-refractivity contribution in [2.24, 2.45) is 0 Å². The third-order valence-corrected chi connectivity index (χ3v) is 12.9. The first-order chi connectivity index (χ1) is 30.5. The van der Waals surface area contributed by atoms with E-state index in [2.05, 4.69) is 255 Å². The molecule has 0 N–H and O–H groups in total. The maximum absolute atomic E-state index is 2.45. The molecule has 1 heteroatoms. The van der Waals surface area contributed by atoms with Crippen LogP contribution >= 0.6 is 0 Å². The molecule has 0 aliphatic heterocycles. The first kappa shape index (κ1) is 37.3. The average molecular weight is 792 g/mol. The fraction of sp³-hybridized carbons (Fsp3) is 0.0492. The fourth-order valence-electron chi connectivity index (χ4n) is 9.80. The van der Waals surface area contributed by atoms with Crippen LogP contribution in [0.2, 0.25) is 0 Å². The van der Waals surface area contributed by atoms with Crippen molar-refractivity contribution in [3.05, 3.63) is 248 Å². The zero-order valence-corrected chi connectivity index (χ0v) is 35.0. The van der Waals surface area contributed by atoms with E-state index in [0.717, 1.165) is 22.6 Å². The molecule has 0 aromatic heterocycles. The molecule has 0 atom stereocenters. The van der Waals surface area contributed by atoms with Crippen LogP contribution in [0.1, 0.15) is 25.0 Å². The molecule has 1 aliphatic rings. The summed E-state index contributed by atoms with van der Waals surface area (Å²) in [5.41, 5.74) is 20.5. The average Bonchev–Trinajstić information content (AvgIpc) is 3.57. The molecule has 0 fully saturated rings. The van der Waals surface area contributed by atoms with Crippen LogP contribution in [0.3, 0.4) is 0 Å². The summed E-state index contributed by atoms with van der Waals surface area (Å²) in [6.07, 6.45) is 0. The van der Waals surface area contributed by atoms with Crippen LogP contribution in [0.5, 0.6) is 0 Å². The summed E-state index contributed by atoms with van der Waals surface area (Å²) in [6.45, 7) is 4.72. The van der Waals surface area contributed by atoms with Crippen LogP contribution < -0.4 is 4.90 Å². The largest absolute Gasteiger partial charge is 0.310 e. The standard InChI is InChI=1S/C61H45N/c1-61(2)58-33-14-13-29-55(58)56-37-36-51(41-59(56)61)62(49-26-15-24-46(39-49)47-35-34-42-18-9-10-23-45(42)38-47)50-27-16-25-48(40-50)54-32-17-31-53(44-21-7-4-8-22-44)60(54)57-30-12-11-28-52(57)43-19-5-3-6-20-43/h3-41H,1-2H3. The van der Waals surface area contributed by atoms with Gasteiger partial charge in [0.1, 0.15) is 0 Å². The van der Waals surface area contributed by atoms with Crippen molar-refractivity contribution in [1.82, 2.24) is 0 Å². The van der Waals surface area contributed by atoms with Crippen molar-refractivity contribution in [3.63, 3.8) is 0 Å². The van der Waals surface area contributed by atoms with Gasteiger partial charge in [-0.05, 0) is 131 Å². The van der Waals surface area contributed by atoms with Crippen molar-refractivity contribution in [2.45, 2.75) is 19.3 Å². The summed E-state index contributed by atoms with van der Waals surface area (Å²) in [5.74, 6) is 0. The van der Waals surface area contributed by atoms with E-state index < -0.39 is 0 Å². The van der Waals surface area contributed by atoms with Crippen molar-refractivity contribution in [2.75, 3.05) is 4.90 Å². The Bertz CT molecular complexity index is 3270. The summed E-state index contributed by atoms with van der Waals surface area (Å²) in [5, 5.41) is 2.48. The Kier molecular flexibility index (Phi) is 9.24. The molecule has 0 heterocycles. The first-order valence-corrected chi connectivity index (χ1v) is 21.6. The van der Waals surface area contributed by atoms with Gasteiger partial charge in [-0.2, -0.15) is 0 Å². The molecule has 0 bridgehead atoms. The van der Waals surface area contributed by atoms with Crippen LogP contribution in [0, 0.1) is 0 Å². The molecule has 0 amide bonds. The topological polar surface area (TPSA) is 3.24 Å². The molecule has 0 spiro atoms. The molecular formula is C61H45N. The van der Waals surface area contributed by atoms with Gasteiger partial charge in [0.25, 0.3) is 0 Å². The molecule has 294 valence electrons. The third-order valence-electron chi connectivity index (χ3n) is 12.9. The quantitative estimate of drug-likeness (QED) is 0.148. The maximum Gasteiger partial charge on any atom is 0.0467 e. The highest BCUT2D eigenvalue weighted by atomic mass is 15.1. The normalized spacial score (nSPS) is 12.5. The van der Waals surface area contributed by atoms with E-state index in [1.54, 1.807) is 0 Å². The number of hydrogen-bond donors (Lipinski definition) is 0. The molecule has 62 heavy (non-hydrogen) atoms. The van der Waals surface area contributed by atoms with Crippen LogP contribution in [-0.4, -0.2) is 0 Å². The van der Waals surface area contributed by atoms with E-state index in [4.69, 9.17) is 0 Å². The highest BCUT2D eigenvalue weighted by molar-refractivity contribution is 6.00. The van der Waals surface area contributed by atoms with Gasteiger partial charge in [0, 0.05) is 22.5 Å². The molecule has 11 rings (SSSR count). The van der Waals surface area contributed by atoms with E-state index in [1.807, 2.05) is 0 Å². The predicted molar refractivity (Wildman–Crippen MR) is 263 cm³/mol. The lowest BCUT2D eigenvalue weighted by Crippen LogP contribution is -2.16. The molecule has 1 aliphatic carbocycles. The van der Waals surface area contributed by atoms with E-state index in [9.17, 15) is 0 Å². The summed E-state index contributed by atoms with van der Waals surface area (Å²) in [4.78, 5) is 2.45. The first-order valence-electron chi connectivity index (χ1n) is 21.6. The Labute approximate surface area is 364 Å². The second-order valence-corrected chi connectivity index (χ2v) is 16.9. The lowest BCUT2D eigenvalue weighted by Gasteiger charge is -2.29. The number of benzene rings is 10. The van der Waals surface area contributed by atoms with Gasteiger partial charge >= 0.3 is 0 Å². The van der Waals surface area contributed by atoms with Crippen LogP contribution in [0.15, 0.2) is 237 Å². The molecule has 0 radical (unpaired) electrons.